The summed E-state index contributed by atoms with van der Waals surface area (Å²) >= 11 is 1.59. The Morgan fingerprint density at radius 1 is 1.25 bits per heavy atom. The Bertz CT molecular complexity index is 481. The molecule has 0 bridgehead atoms. The summed E-state index contributed by atoms with van der Waals surface area (Å²) in [5.41, 5.74) is 5.39. The number of benzene rings is 1. The molecule has 1 unspecified atom stereocenters. The lowest BCUT2D eigenvalue weighted by molar-refractivity contribution is 0.560. The van der Waals surface area contributed by atoms with Crippen LogP contribution < -0.4 is 11.3 Å². The number of rotatable bonds is 3. The fourth-order valence-corrected chi connectivity index (χ4v) is 2.60. The van der Waals surface area contributed by atoms with E-state index < -0.39 is 0 Å². The van der Waals surface area contributed by atoms with Gasteiger partial charge in [0.1, 0.15) is 5.82 Å². The number of thiophene rings is 1. The molecule has 1 heterocycles. The highest BCUT2D eigenvalue weighted by Gasteiger charge is 2.18. The maximum Gasteiger partial charge on any atom is 0.128 e. The molecular formula is C12H13FN2S. The van der Waals surface area contributed by atoms with Gasteiger partial charge in [0.25, 0.3) is 0 Å². The number of hydrogen-bond donors (Lipinski definition) is 2. The fraction of sp³-hybridized carbons (Fsp3) is 0.167. The minimum absolute atomic E-state index is 0.240. The van der Waals surface area contributed by atoms with Crippen molar-refractivity contribution in [2.45, 2.75) is 13.0 Å². The van der Waals surface area contributed by atoms with E-state index in [0.717, 1.165) is 11.1 Å². The summed E-state index contributed by atoms with van der Waals surface area (Å²) in [5.74, 6) is 5.28. The second-order valence-electron chi connectivity index (χ2n) is 3.63. The first kappa shape index (κ1) is 11.3. The first-order chi connectivity index (χ1) is 7.74. The summed E-state index contributed by atoms with van der Waals surface area (Å²) in [6, 6.07) is 6.39. The van der Waals surface area contributed by atoms with Crippen molar-refractivity contribution >= 4 is 11.3 Å². The van der Waals surface area contributed by atoms with Crippen LogP contribution in [0.5, 0.6) is 0 Å². The Hall–Kier alpha value is -1.23. The van der Waals surface area contributed by atoms with Crippen molar-refractivity contribution in [2.24, 2.45) is 5.84 Å². The molecule has 2 rings (SSSR count). The van der Waals surface area contributed by atoms with Crippen LogP contribution >= 0.6 is 11.3 Å². The van der Waals surface area contributed by atoms with Gasteiger partial charge >= 0.3 is 0 Å². The average molecular weight is 236 g/mol. The van der Waals surface area contributed by atoms with E-state index in [9.17, 15) is 4.39 Å². The maximum absolute atomic E-state index is 13.7. The van der Waals surface area contributed by atoms with Gasteiger partial charge in [0.2, 0.25) is 0 Å². The van der Waals surface area contributed by atoms with Crippen LogP contribution in [-0.4, -0.2) is 0 Å². The van der Waals surface area contributed by atoms with E-state index in [0.29, 0.717) is 5.56 Å². The predicted molar refractivity (Wildman–Crippen MR) is 64.6 cm³/mol. The molecule has 0 radical (unpaired) electrons. The molecule has 0 fully saturated rings. The third-order valence-corrected chi connectivity index (χ3v) is 3.47. The van der Waals surface area contributed by atoms with Crippen molar-refractivity contribution in [3.8, 4) is 0 Å². The van der Waals surface area contributed by atoms with Crippen LogP contribution in [-0.2, 0) is 0 Å². The first-order valence-electron chi connectivity index (χ1n) is 4.97. The summed E-state index contributed by atoms with van der Waals surface area (Å²) in [4.78, 5) is 0. The average Bonchev–Trinajstić information content (AvgIpc) is 2.69. The second kappa shape index (κ2) is 4.74. The first-order valence-corrected chi connectivity index (χ1v) is 5.91. The van der Waals surface area contributed by atoms with Crippen LogP contribution in [0.15, 0.2) is 35.0 Å². The Kier molecular flexibility index (Phi) is 3.33. The zero-order valence-electron chi connectivity index (χ0n) is 8.91. The van der Waals surface area contributed by atoms with Crippen molar-refractivity contribution in [1.29, 1.82) is 0 Å². The molecule has 0 aliphatic rings. The lowest BCUT2D eigenvalue weighted by atomic mass is 9.99. The van der Waals surface area contributed by atoms with Gasteiger partial charge in [-0.25, -0.2) is 9.82 Å². The Balaban J connectivity index is 2.45. The molecule has 1 aromatic carbocycles. The van der Waals surface area contributed by atoms with Gasteiger partial charge in [0.15, 0.2) is 0 Å². The van der Waals surface area contributed by atoms with Gasteiger partial charge in [-0.15, -0.1) is 0 Å². The fourth-order valence-electron chi connectivity index (χ4n) is 1.72. The molecule has 1 aromatic heterocycles. The van der Waals surface area contributed by atoms with Crippen molar-refractivity contribution in [3.63, 3.8) is 0 Å². The van der Waals surface area contributed by atoms with Gasteiger partial charge in [-0.05, 0) is 34.9 Å². The van der Waals surface area contributed by atoms with Crippen LogP contribution in [0.4, 0.5) is 4.39 Å². The molecule has 1 atom stereocenters. The topological polar surface area (TPSA) is 38.0 Å². The molecule has 0 amide bonds. The Morgan fingerprint density at radius 2 is 2.00 bits per heavy atom. The highest BCUT2D eigenvalue weighted by molar-refractivity contribution is 7.08. The van der Waals surface area contributed by atoms with Gasteiger partial charge in [-0.2, -0.15) is 11.3 Å². The van der Waals surface area contributed by atoms with Gasteiger partial charge in [0.05, 0.1) is 6.04 Å². The van der Waals surface area contributed by atoms with E-state index in [1.807, 2.05) is 23.8 Å². The lowest BCUT2D eigenvalue weighted by Gasteiger charge is -2.17. The molecule has 4 heteroatoms. The molecule has 0 aliphatic heterocycles. The highest BCUT2D eigenvalue weighted by atomic mass is 32.1. The maximum atomic E-state index is 13.7. The van der Waals surface area contributed by atoms with Crippen LogP contribution in [0.3, 0.4) is 0 Å². The molecular weight excluding hydrogens is 223 g/mol. The zero-order valence-corrected chi connectivity index (χ0v) is 9.72. The van der Waals surface area contributed by atoms with E-state index in [1.165, 1.54) is 6.07 Å². The quantitative estimate of drug-likeness (QED) is 0.635. The Labute approximate surface area is 97.9 Å². The summed E-state index contributed by atoms with van der Waals surface area (Å²) < 4.78 is 13.7. The summed E-state index contributed by atoms with van der Waals surface area (Å²) in [6.07, 6.45) is 0. The molecule has 0 saturated carbocycles. The molecule has 2 nitrogen and oxygen atoms in total. The van der Waals surface area contributed by atoms with E-state index in [2.05, 4.69) is 5.43 Å². The predicted octanol–water partition coefficient (Wildman–Crippen LogP) is 2.75. The summed E-state index contributed by atoms with van der Waals surface area (Å²) in [7, 11) is 0. The van der Waals surface area contributed by atoms with Crippen molar-refractivity contribution < 1.29 is 4.39 Å². The zero-order chi connectivity index (χ0) is 11.5. The van der Waals surface area contributed by atoms with Gasteiger partial charge in [-0.3, -0.25) is 5.84 Å². The number of hydrogen-bond acceptors (Lipinski definition) is 3. The SMILES string of the molecule is Cc1cscc1C(NN)c1ccccc1F. The summed E-state index contributed by atoms with van der Waals surface area (Å²) in [6.45, 7) is 2.00. The van der Waals surface area contributed by atoms with Crippen molar-refractivity contribution in [1.82, 2.24) is 5.43 Å². The lowest BCUT2D eigenvalue weighted by Crippen LogP contribution is -2.29. The molecule has 0 aliphatic carbocycles. The number of nitrogens with two attached hydrogens (primary N) is 1. The van der Waals surface area contributed by atoms with Crippen LogP contribution in [0.2, 0.25) is 0 Å². The summed E-state index contributed by atoms with van der Waals surface area (Å²) in [5, 5.41) is 4.02. The highest BCUT2D eigenvalue weighted by Crippen LogP contribution is 2.28. The smallest absolute Gasteiger partial charge is 0.128 e. The number of nitrogens with one attached hydrogen (secondary N) is 1. The standard InChI is InChI=1S/C12H13FN2S/c1-8-6-16-7-10(8)12(15-14)9-4-2-3-5-11(9)13/h2-7,12,15H,14H2,1H3. The normalized spacial score (nSPS) is 12.7. The third kappa shape index (κ3) is 2.00. The van der Waals surface area contributed by atoms with Crippen molar-refractivity contribution in [3.05, 3.63) is 57.5 Å². The van der Waals surface area contributed by atoms with E-state index in [1.54, 1.807) is 23.5 Å². The third-order valence-electron chi connectivity index (χ3n) is 2.59. The van der Waals surface area contributed by atoms with E-state index in [4.69, 9.17) is 5.84 Å². The molecule has 2 aromatic rings. The van der Waals surface area contributed by atoms with Crippen LogP contribution in [0.25, 0.3) is 0 Å². The van der Waals surface area contributed by atoms with Gasteiger partial charge in [-0.1, -0.05) is 18.2 Å². The number of hydrazine groups is 1. The van der Waals surface area contributed by atoms with Gasteiger partial charge < -0.3 is 0 Å². The van der Waals surface area contributed by atoms with Gasteiger partial charge in [0, 0.05) is 5.56 Å². The van der Waals surface area contributed by atoms with Crippen molar-refractivity contribution in [2.75, 3.05) is 0 Å². The van der Waals surface area contributed by atoms with Crippen LogP contribution in [0, 0.1) is 12.7 Å². The molecule has 16 heavy (non-hydrogen) atoms. The minimum atomic E-state index is -0.285. The molecule has 3 N–H and O–H groups in total. The van der Waals surface area contributed by atoms with Crippen LogP contribution in [0.1, 0.15) is 22.7 Å². The Morgan fingerprint density at radius 3 is 2.56 bits per heavy atom. The molecule has 84 valence electrons. The number of halogens is 1. The van der Waals surface area contributed by atoms with E-state index in [-0.39, 0.29) is 11.9 Å². The molecule has 0 spiro atoms. The minimum Gasteiger partial charge on any atom is -0.271 e. The molecule has 0 saturated heterocycles. The van der Waals surface area contributed by atoms with E-state index >= 15 is 0 Å². The number of aryl methyl sites for hydroxylation is 1. The largest absolute Gasteiger partial charge is 0.271 e. The monoisotopic (exact) mass is 236 g/mol. The second-order valence-corrected chi connectivity index (χ2v) is 4.37.